The van der Waals surface area contributed by atoms with Gasteiger partial charge in [-0.1, -0.05) is 65.4 Å². The molecular weight excluding hydrogens is 586 g/mol. The van der Waals surface area contributed by atoms with E-state index in [9.17, 15) is 14.9 Å². The number of allylic oxidation sites excluding steroid dienone is 1. The molecule has 0 spiro atoms. The molecule has 218 valence electrons. The van der Waals surface area contributed by atoms with Crippen molar-refractivity contribution in [2.24, 2.45) is 4.99 Å². The zero-order chi connectivity index (χ0) is 30.7. The van der Waals surface area contributed by atoms with Crippen LogP contribution in [0.1, 0.15) is 49.1 Å². The molecule has 0 amide bonds. The molecule has 1 aromatic heterocycles. The molecule has 43 heavy (non-hydrogen) atoms. The average molecular weight is 614 g/mol. The third-order valence-corrected chi connectivity index (χ3v) is 8.12. The van der Waals surface area contributed by atoms with Crippen molar-refractivity contribution in [3.8, 4) is 17.6 Å². The van der Waals surface area contributed by atoms with Gasteiger partial charge < -0.3 is 14.2 Å². The first-order valence-electron chi connectivity index (χ1n) is 13.5. The van der Waals surface area contributed by atoms with Crippen LogP contribution in [-0.2, 0) is 16.1 Å². The number of thiazole rings is 1. The number of halogens is 1. The van der Waals surface area contributed by atoms with Gasteiger partial charge in [0.05, 0.1) is 40.6 Å². The lowest BCUT2D eigenvalue weighted by Crippen LogP contribution is -2.40. The quantitative estimate of drug-likeness (QED) is 0.250. The number of benzene rings is 3. The summed E-state index contributed by atoms with van der Waals surface area (Å²) in [6.45, 7) is 5.46. The largest absolute Gasteiger partial charge is 0.493 e. The smallest absolute Gasteiger partial charge is 0.338 e. The van der Waals surface area contributed by atoms with E-state index in [1.54, 1.807) is 69.3 Å². The maximum atomic E-state index is 13.9. The highest BCUT2D eigenvalue weighted by Gasteiger charge is 2.34. The lowest BCUT2D eigenvalue weighted by atomic mass is 9.96. The van der Waals surface area contributed by atoms with E-state index in [2.05, 4.69) is 11.1 Å². The number of ether oxygens (including phenoxy) is 3. The number of carbonyl (C=O) groups excluding carboxylic acids is 1. The Morgan fingerprint density at radius 1 is 1.14 bits per heavy atom. The Labute approximate surface area is 257 Å². The Kier molecular flexibility index (Phi) is 8.81. The Morgan fingerprint density at radius 2 is 1.88 bits per heavy atom. The summed E-state index contributed by atoms with van der Waals surface area (Å²) in [5.41, 5.74) is 3.02. The molecule has 0 aliphatic carbocycles. The first kappa shape index (κ1) is 29.8. The summed E-state index contributed by atoms with van der Waals surface area (Å²) >= 11 is 7.82. The van der Waals surface area contributed by atoms with E-state index in [1.807, 2.05) is 24.3 Å². The maximum Gasteiger partial charge on any atom is 0.338 e. The van der Waals surface area contributed by atoms with Crippen LogP contribution in [-0.4, -0.2) is 23.8 Å². The molecule has 8 nitrogen and oxygen atoms in total. The van der Waals surface area contributed by atoms with E-state index in [1.165, 1.54) is 23.0 Å². The highest BCUT2D eigenvalue weighted by Crippen LogP contribution is 2.35. The summed E-state index contributed by atoms with van der Waals surface area (Å²) in [5, 5.41) is 9.78. The summed E-state index contributed by atoms with van der Waals surface area (Å²) in [7, 11) is 1.53. The molecule has 3 aromatic carbocycles. The second-order valence-electron chi connectivity index (χ2n) is 10.0. The maximum absolute atomic E-state index is 13.9. The second-order valence-corrected chi connectivity index (χ2v) is 11.4. The van der Waals surface area contributed by atoms with Crippen molar-refractivity contribution in [1.82, 2.24) is 4.57 Å². The van der Waals surface area contributed by atoms with Crippen LogP contribution in [0.5, 0.6) is 11.5 Å². The van der Waals surface area contributed by atoms with Crippen LogP contribution in [0.25, 0.3) is 6.08 Å². The lowest BCUT2D eigenvalue weighted by Gasteiger charge is -2.26. The number of nitriles is 1. The number of methoxy groups -OCH3 is 1. The van der Waals surface area contributed by atoms with Crippen LogP contribution in [0.2, 0.25) is 5.02 Å². The highest BCUT2D eigenvalue weighted by atomic mass is 35.5. The topological polar surface area (TPSA) is 103 Å². The molecule has 1 atom stereocenters. The number of hydrogen-bond donors (Lipinski definition) is 0. The Balaban J connectivity index is 1.55. The van der Waals surface area contributed by atoms with E-state index in [0.717, 1.165) is 5.56 Å². The molecule has 5 rings (SSSR count). The predicted molar refractivity (Wildman–Crippen MR) is 165 cm³/mol. The van der Waals surface area contributed by atoms with Gasteiger partial charge in [-0.15, -0.1) is 0 Å². The Hall–Kier alpha value is -4.65. The summed E-state index contributed by atoms with van der Waals surface area (Å²) in [4.78, 5) is 32.3. The number of fused-ring (bicyclic) bond motifs is 1. The van der Waals surface area contributed by atoms with Gasteiger partial charge in [0.15, 0.2) is 16.3 Å². The third kappa shape index (κ3) is 6.12. The fraction of sp³-hybridized carbons (Fsp3) is 0.212. The third-order valence-electron chi connectivity index (χ3n) is 6.79. The molecule has 10 heteroatoms. The first-order valence-corrected chi connectivity index (χ1v) is 14.7. The minimum atomic E-state index is -0.806. The molecule has 0 saturated heterocycles. The molecule has 1 aliphatic rings. The van der Waals surface area contributed by atoms with Crippen LogP contribution >= 0.6 is 22.9 Å². The van der Waals surface area contributed by atoms with E-state index >= 15 is 0 Å². The fourth-order valence-electron chi connectivity index (χ4n) is 4.81. The van der Waals surface area contributed by atoms with E-state index < -0.39 is 12.0 Å². The number of aromatic nitrogens is 1. The van der Waals surface area contributed by atoms with E-state index in [4.69, 9.17) is 25.8 Å². The summed E-state index contributed by atoms with van der Waals surface area (Å²) in [6.07, 6.45) is 1.39. The van der Waals surface area contributed by atoms with Crippen LogP contribution in [0.4, 0.5) is 0 Å². The van der Waals surface area contributed by atoms with Gasteiger partial charge in [0, 0.05) is 10.6 Å². The first-order chi connectivity index (χ1) is 20.7. The molecule has 1 aliphatic heterocycles. The van der Waals surface area contributed by atoms with E-state index in [-0.39, 0.29) is 23.8 Å². The van der Waals surface area contributed by atoms with Crippen molar-refractivity contribution in [1.29, 1.82) is 5.26 Å². The zero-order valence-electron chi connectivity index (χ0n) is 24.0. The van der Waals surface area contributed by atoms with Crippen LogP contribution < -0.4 is 24.4 Å². The monoisotopic (exact) mass is 613 g/mol. The predicted octanol–water partition coefficient (Wildman–Crippen LogP) is 5.30. The molecule has 0 bridgehead atoms. The SMILES string of the molecule is COc1cc(C=c2sc3n(c2=O)C(c2ccccc2Cl)C(C(=O)OC(C)C)=C(C)N=3)ccc1OCc1ccccc1C#N. The van der Waals surface area contributed by atoms with Gasteiger partial charge in [-0.05, 0) is 62.2 Å². The molecule has 1 unspecified atom stereocenters. The summed E-state index contributed by atoms with van der Waals surface area (Å²) in [6, 6.07) is 21.1. The fourth-order valence-corrected chi connectivity index (χ4v) is 6.09. The van der Waals surface area contributed by atoms with Crippen molar-refractivity contribution in [3.63, 3.8) is 0 Å². The second kappa shape index (κ2) is 12.7. The van der Waals surface area contributed by atoms with Gasteiger partial charge in [0.2, 0.25) is 0 Å². The molecule has 0 N–H and O–H groups in total. The van der Waals surface area contributed by atoms with Crippen LogP contribution in [0, 0.1) is 11.3 Å². The minimum absolute atomic E-state index is 0.195. The highest BCUT2D eigenvalue weighted by molar-refractivity contribution is 7.07. The van der Waals surface area contributed by atoms with Crippen molar-refractivity contribution in [3.05, 3.63) is 125 Å². The van der Waals surface area contributed by atoms with Gasteiger partial charge in [0.25, 0.3) is 5.56 Å². The van der Waals surface area contributed by atoms with Gasteiger partial charge in [-0.2, -0.15) is 5.26 Å². The van der Waals surface area contributed by atoms with E-state index in [0.29, 0.717) is 48.2 Å². The average Bonchev–Trinajstić information content (AvgIpc) is 3.29. The van der Waals surface area contributed by atoms with Gasteiger partial charge in [0.1, 0.15) is 12.6 Å². The summed E-state index contributed by atoms with van der Waals surface area (Å²) < 4.78 is 19.0. The van der Waals surface area contributed by atoms with Crippen molar-refractivity contribution in [2.45, 2.75) is 39.5 Å². The number of hydrogen-bond acceptors (Lipinski definition) is 8. The van der Waals surface area contributed by atoms with Crippen LogP contribution in [0.15, 0.2) is 87.8 Å². The van der Waals surface area contributed by atoms with Gasteiger partial charge in [-0.25, -0.2) is 9.79 Å². The minimum Gasteiger partial charge on any atom is -0.493 e. The molecule has 0 saturated carbocycles. The van der Waals surface area contributed by atoms with Crippen molar-refractivity contribution >= 4 is 35.0 Å². The summed E-state index contributed by atoms with van der Waals surface area (Å²) in [5.74, 6) is 0.421. The van der Waals surface area contributed by atoms with Gasteiger partial charge >= 0.3 is 5.97 Å². The Bertz CT molecular complexity index is 1970. The number of rotatable bonds is 8. The number of carbonyl (C=O) groups is 1. The van der Waals surface area contributed by atoms with Crippen LogP contribution in [0.3, 0.4) is 0 Å². The normalized spacial score (nSPS) is 14.6. The zero-order valence-corrected chi connectivity index (χ0v) is 25.5. The van der Waals surface area contributed by atoms with Crippen molar-refractivity contribution < 1.29 is 19.0 Å². The standard InChI is InChI=1S/C33H28ClN3O5S/c1-19(2)42-32(39)29-20(3)36-33-37(30(29)24-11-7-8-12-25(24)34)31(38)28(43-33)16-21-13-14-26(27(15-21)40-4)41-18-23-10-6-5-9-22(23)17-35/h5-16,19,30H,18H2,1-4H3. The molecular formula is C33H28ClN3O5S. The molecule has 0 radical (unpaired) electrons. The van der Waals surface area contributed by atoms with Gasteiger partial charge in [-0.3, -0.25) is 9.36 Å². The molecule has 4 aromatic rings. The Morgan fingerprint density at radius 3 is 2.60 bits per heavy atom. The molecule has 0 fully saturated rings. The number of nitrogens with zero attached hydrogens (tertiary/aromatic N) is 3. The molecule has 2 heterocycles. The van der Waals surface area contributed by atoms with Crippen molar-refractivity contribution in [2.75, 3.05) is 7.11 Å². The lowest BCUT2D eigenvalue weighted by molar-refractivity contribution is -0.143. The number of esters is 1.